The Balaban J connectivity index is 1.29. The van der Waals surface area contributed by atoms with E-state index in [1.54, 1.807) is 0 Å². The summed E-state index contributed by atoms with van der Waals surface area (Å²) >= 11 is 0. The maximum absolute atomic E-state index is 12.9. The summed E-state index contributed by atoms with van der Waals surface area (Å²) in [5, 5.41) is 2.55. The van der Waals surface area contributed by atoms with Crippen LogP contribution in [-0.2, 0) is 4.79 Å². The first-order chi connectivity index (χ1) is 21.1. The van der Waals surface area contributed by atoms with Crippen molar-refractivity contribution >= 4 is 33.5 Å². The van der Waals surface area contributed by atoms with E-state index in [1.165, 1.54) is 83.5 Å². The molecule has 0 saturated carbocycles. The molecular formula is C38H53N3O2. The SMILES string of the molecule is CCCCCCCCCCCCCCCCCC(=O)/N=c1\cc2oc3cc(N(CC)CC)ccc3nc-2c2ccccc12. The Kier molecular flexibility index (Phi) is 13.5. The van der Waals surface area contributed by atoms with E-state index in [2.05, 4.69) is 42.8 Å². The Bertz CT molecular complexity index is 1450. The van der Waals surface area contributed by atoms with Crippen LogP contribution in [0.5, 0.6) is 0 Å². The molecular weight excluding hydrogens is 530 g/mol. The number of benzene rings is 3. The summed E-state index contributed by atoms with van der Waals surface area (Å²) in [6, 6.07) is 16.1. The number of carbonyl (C=O) groups is 1. The lowest BCUT2D eigenvalue weighted by atomic mass is 10.0. The first kappa shape index (κ1) is 32.7. The summed E-state index contributed by atoms with van der Waals surface area (Å²) < 4.78 is 6.39. The van der Waals surface area contributed by atoms with Crippen LogP contribution in [0.25, 0.3) is 33.3 Å². The predicted molar refractivity (Wildman–Crippen MR) is 182 cm³/mol. The van der Waals surface area contributed by atoms with E-state index in [0.29, 0.717) is 17.5 Å². The standard InChI is InChI=1S/C38H53N3O2/c1-4-7-8-9-10-11-12-13-14-15-16-17-18-19-20-25-37(42)39-34-29-36-38(32-24-22-21-23-31(32)34)40-33-27-26-30(28-35(33)43-36)41(5-2)6-3/h21-24,26-29H,4-20,25H2,1-3H3/b39-34+. The molecule has 0 saturated heterocycles. The van der Waals surface area contributed by atoms with Gasteiger partial charge in [-0.15, -0.1) is 0 Å². The van der Waals surface area contributed by atoms with Crippen LogP contribution in [-0.4, -0.2) is 24.0 Å². The van der Waals surface area contributed by atoms with E-state index in [9.17, 15) is 4.79 Å². The quantitative estimate of drug-likeness (QED) is 0.0626. The van der Waals surface area contributed by atoms with Gasteiger partial charge < -0.3 is 9.32 Å². The molecule has 5 nitrogen and oxygen atoms in total. The lowest BCUT2D eigenvalue weighted by molar-refractivity contribution is -0.118. The van der Waals surface area contributed by atoms with E-state index < -0.39 is 0 Å². The fraction of sp³-hybridized carbons (Fsp3) is 0.553. The predicted octanol–water partition coefficient (Wildman–Crippen LogP) is 10.6. The average molecular weight is 584 g/mol. The lowest BCUT2D eigenvalue weighted by Crippen LogP contribution is -2.21. The zero-order valence-corrected chi connectivity index (χ0v) is 27.0. The molecule has 1 heterocycles. The Morgan fingerprint density at radius 1 is 0.721 bits per heavy atom. The Labute approximate surface area is 259 Å². The Hall–Kier alpha value is -3.21. The molecule has 0 N–H and O–H groups in total. The van der Waals surface area contributed by atoms with Gasteiger partial charge >= 0.3 is 0 Å². The maximum Gasteiger partial charge on any atom is 0.246 e. The third-order valence-electron chi connectivity index (χ3n) is 8.72. The fourth-order valence-corrected chi connectivity index (χ4v) is 6.14. The van der Waals surface area contributed by atoms with Crippen molar-refractivity contribution in [2.24, 2.45) is 4.99 Å². The number of amides is 1. The molecule has 2 aliphatic rings. The van der Waals surface area contributed by atoms with E-state index in [1.807, 2.05) is 36.4 Å². The van der Waals surface area contributed by atoms with Gasteiger partial charge in [0, 0.05) is 48.1 Å². The van der Waals surface area contributed by atoms with E-state index >= 15 is 0 Å². The Morgan fingerprint density at radius 3 is 1.91 bits per heavy atom. The monoisotopic (exact) mass is 583 g/mol. The molecule has 0 radical (unpaired) electrons. The maximum atomic E-state index is 12.9. The summed E-state index contributed by atoms with van der Waals surface area (Å²) in [6.45, 7) is 8.44. The molecule has 43 heavy (non-hydrogen) atoms. The van der Waals surface area contributed by atoms with Crippen LogP contribution >= 0.6 is 0 Å². The molecule has 0 bridgehead atoms. The summed E-state index contributed by atoms with van der Waals surface area (Å²) in [6.07, 6.45) is 20.2. The average Bonchev–Trinajstić information content (AvgIpc) is 3.02. The van der Waals surface area contributed by atoms with E-state index in [-0.39, 0.29) is 5.91 Å². The van der Waals surface area contributed by atoms with Gasteiger partial charge in [-0.1, -0.05) is 121 Å². The van der Waals surface area contributed by atoms with Crippen molar-refractivity contribution in [1.82, 2.24) is 4.98 Å². The number of anilines is 1. The summed E-state index contributed by atoms with van der Waals surface area (Å²) in [5.41, 5.74) is 3.48. The van der Waals surface area contributed by atoms with Gasteiger partial charge in [0.2, 0.25) is 5.91 Å². The molecule has 0 fully saturated rings. The highest BCUT2D eigenvalue weighted by atomic mass is 16.3. The summed E-state index contributed by atoms with van der Waals surface area (Å²) in [4.78, 5) is 24.7. The fourth-order valence-electron chi connectivity index (χ4n) is 6.14. The van der Waals surface area contributed by atoms with Gasteiger partial charge in [-0.05, 0) is 32.4 Å². The van der Waals surface area contributed by atoms with Crippen molar-refractivity contribution in [3.8, 4) is 11.5 Å². The molecule has 1 aliphatic heterocycles. The summed E-state index contributed by atoms with van der Waals surface area (Å²) in [5.74, 6) is 0.596. The molecule has 0 unspecified atom stereocenters. The van der Waals surface area contributed by atoms with Crippen molar-refractivity contribution in [3.63, 3.8) is 0 Å². The highest BCUT2D eigenvalue weighted by Gasteiger charge is 2.16. The van der Waals surface area contributed by atoms with Crippen LogP contribution in [0.4, 0.5) is 5.69 Å². The number of hydrogen-bond acceptors (Lipinski definition) is 4. The van der Waals surface area contributed by atoms with Gasteiger partial charge in [-0.2, -0.15) is 0 Å². The molecule has 1 amide bonds. The zero-order chi connectivity index (χ0) is 30.3. The number of unbranched alkanes of at least 4 members (excludes halogenated alkanes) is 14. The van der Waals surface area contributed by atoms with Crippen molar-refractivity contribution in [1.29, 1.82) is 0 Å². The summed E-state index contributed by atoms with van der Waals surface area (Å²) in [7, 11) is 0. The largest absolute Gasteiger partial charge is 0.453 e. The van der Waals surface area contributed by atoms with Crippen LogP contribution in [0.3, 0.4) is 0 Å². The topological polar surface area (TPSA) is 58.7 Å². The number of carbonyl (C=O) groups excluding carboxylic acids is 1. The first-order valence-corrected chi connectivity index (χ1v) is 17.2. The van der Waals surface area contributed by atoms with E-state index in [0.717, 1.165) is 59.2 Å². The highest BCUT2D eigenvalue weighted by molar-refractivity contribution is 5.97. The lowest BCUT2D eigenvalue weighted by Gasteiger charge is -2.21. The van der Waals surface area contributed by atoms with E-state index in [4.69, 9.17) is 9.40 Å². The first-order valence-electron chi connectivity index (χ1n) is 17.2. The van der Waals surface area contributed by atoms with Crippen molar-refractivity contribution in [2.75, 3.05) is 18.0 Å². The van der Waals surface area contributed by atoms with Crippen molar-refractivity contribution in [2.45, 2.75) is 124 Å². The normalized spacial score (nSPS) is 12.1. The number of fused-ring (bicyclic) bond motifs is 4. The molecule has 4 rings (SSSR count). The number of nitrogens with zero attached hydrogens (tertiary/aromatic N) is 3. The molecule has 2 aromatic rings. The van der Waals surface area contributed by atoms with Gasteiger partial charge in [0.25, 0.3) is 0 Å². The van der Waals surface area contributed by atoms with Crippen LogP contribution < -0.4 is 10.3 Å². The van der Waals surface area contributed by atoms with Gasteiger partial charge in [-0.3, -0.25) is 4.79 Å². The minimum atomic E-state index is -0.0586. The zero-order valence-electron chi connectivity index (χ0n) is 27.0. The third-order valence-corrected chi connectivity index (χ3v) is 8.72. The second-order valence-corrected chi connectivity index (χ2v) is 12.0. The second-order valence-electron chi connectivity index (χ2n) is 12.0. The van der Waals surface area contributed by atoms with Gasteiger partial charge in [0.05, 0.1) is 5.36 Å². The van der Waals surface area contributed by atoms with Crippen LogP contribution in [0.15, 0.2) is 57.9 Å². The molecule has 232 valence electrons. The number of aromatic nitrogens is 1. The second kappa shape index (κ2) is 17.8. The molecule has 0 spiro atoms. The van der Waals surface area contributed by atoms with Crippen LogP contribution in [0.2, 0.25) is 0 Å². The van der Waals surface area contributed by atoms with Crippen LogP contribution in [0, 0.1) is 0 Å². The smallest absolute Gasteiger partial charge is 0.246 e. The third kappa shape index (κ3) is 9.64. The molecule has 1 aliphatic carbocycles. The number of hydrogen-bond donors (Lipinski definition) is 0. The van der Waals surface area contributed by atoms with Crippen molar-refractivity contribution < 1.29 is 9.21 Å². The number of rotatable bonds is 19. The molecule has 0 atom stereocenters. The minimum absolute atomic E-state index is 0.0586. The highest BCUT2D eigenvalue weighted by Crippen LogP contribution is 2.31. The van der Waals surface area contributed by atoms with Gasteiger partial charge in [-0.25, -0.2) is 9.98 Å². The van der Waals surface area contributed by atoms with Crippen LogP contribution in [0.1, 0.15) is 124 Å². The van der Waals surface area contributed by atoms with Crippen molar-refractivity contribution in [3.05, 3.63) is 53.9 Å². The molecule has 2 aromatic carbocycles. The van der Waals surface area contributed by atoms with Gasteiger partial charge in [0.1, 0.15) is 11.2 Å². The van der Waals surface area contributed by atoms with Gasteiger partial charge in [0.15, 0.2) is 11.3 Å². The molecule has 0 aromatic heterocycles. The Morgan fingerprint density at radius 2 is 1.30 bits per heavy atom. The minimum Gasteiger partial charge on any atom is -0.453 e. The molecule has 5 heteroatoms.